The van der Waals surface area contributed by atoms with E-state index in [-0.39, 0.29) is 46.9 Å². The molecule has 3 rings (SSSR count). The molecule has 0 saturated carbocycles. The van der Waals surface area contributed by atoms with Crippen LogP contribution in [0.1, 0.15) is 54.1 Å². The molecular formula is C24H30ClN2NaO5S. The topological polar surface area (TPSA) is 104 Å². The average molecular weight is 517 g/mol. The summed E-state index contributed by atoms with van der Waals surface area (Å²) in [5, 5.41) is 3.51. The van der Waals surface area contributed by atoms with Crippen molar-refractivity contribution in [2.45, 2.75) is 44.4 Å². The van der Waals surface area contributed by atoms with Gasteiger partial charge in [0.15, 0.2) is 0 Å². The van der Waals surface area contributed by atoms with Crippen LogP contribution in [0.2, 0.25) is 5.02 Å². The van der Waals surface area contributed by atoms with E-state index < -0.39 is 27.8 Å². The van der Waals surface area contributed by atoms with Crippen molar-refractivity contribution >= 4 is 63.1 Å². The van der Waals surface area contributed by atoms with Crippen molar-refractivity contribution in [3.05, 3.63) is 70.2 Å². The maximum absolute atomic E-state index is 13.2. The number of hydrogen-bond donors (Lipinski definition) is 2. The molecule has 2 amide bonds. The van der Waals surface area contributed by atoms with Crippen molar-refractivity contribution in [1.82, 2.24) is 10.2 Å². The fourth-order valence-corrected chi connectivity index (χ4v) is 4.84. The Hall–Kier alpha value is -1.42. The third-order valence-electron chi connectivity index (χ3n) is 5.91. The van der Waals surface area contributed by atoms with Crippen LogP contribution in [0.15, 0.2) is 48.5 Å². The van der Waals surface area contributed by atoms with Crippen molar-refractivity contribution in [1.29, 1.82) is 0 Å². The van der Waals surface area contributed by atoms with Crippen LogP contribution < -0.4 is 5.32 Å². The third-order valence-corrected chi connectivity index (χ3v) is 6.86. The van der Waals surface area contributed by atoms with Crippen molar-refractivity contribution < 1.29 is 22.6 Å². The molecule has 34 heavy (non-hydrogen) atoms. The number of likely N-dealkylation sites (tertiary alicyclic amines) is 1. The van der Waals surface area contributed by atoms with Gasteiger partial charge in [-0.2, -0.15) is 8.42 Å². The summed E-state index contributed by atoms with van der Waals surface area (Å²) in [5.74, 6) is -0.930. The number of nitrogens with zero attached hydrogens (tertiary/aromatic N) is 1. The van der Waals surface area contributed by atoms with Crippen LogP contribution in [-0.2, 0) is 20.7 Å². The normalized spacial score (nSPS) is 15.5. The Kier molecular flexibility index (Phi) is 10.6. The van der Waals surface area contributed by atoms with Crippen molar-refractivity contribution in [2.24, 2.45) is 5.92 Å². The van der Waals surface area contributed by atoms with Crippen LogP contribution in [0.3, 0.4) is 0 Å². The van der Waals surface area contributed by atoms with Crippen molar-refractivity contribution in [2.75, 3.05) is 13.1 Å². The third kappa shape index (κ3) is 8.07. The van der Waals surface area contributed by atoms with Gasteiger partial charge in [0.05, 0.1) is 0 Å². The summed E-state index contributed by atoms with van der Waals surface area (Å²) in [6.45, 7) is 4.96. The molecule has 10 heteroatoms. The van der Waals surface area contributed by atoms with Crippen LogP contribution in [-0.4, -0.2) is 78.4 Å². The Bertz CT molecular complexity index is 1100. The van der Waals surface area contributed by atoms with Crippen LogP contribution in [0.4, 0.5) is 0 Å². The monoisotopic (exact) mass is 516 g/mol. The Morgan fingerprint density at radius 1 is 1.12 bits per heavy atom. The number of amides is 2. The molecule has 180 valence electrons. The summed E-state index contributed by atoms with van der Waals surface area (Å²) >= 11 is 5.98. The van der Waals surface area contributed by atoms with Crippen LogP contribution >= 0.6 is 11.6 Å². The average Bonchev–Trinajstić information content (AvgIpc) is 2.76. The number of nitrogens with one attached hydrogen (secondary N) is 1. The molecule has 2 aromatic rings. The van der Waals surface area contributed by atoms with Gasteiger partial charge in [0, 0.05) is 23.7 Å². The standard InChI is InChI=1S/C24H29ClN2O5S.Na.H/c1-16(2)22(26-23(28)20-5-3-4-17(14-20)15-33(30,31)32)24(29)27-12-10-19(11-13-27)18-6-8-21(25)9-7-18;;/h3-9,14,16,19,22H,10-13,15H2,1-2H3,(H,26,28)(H,30,31,32);;. The zero-order valence-corrected chi connectivity index (χ0v) is 20.3. The molecule has 0 aromatic heterocycles. The Morgan fingerprint density at radius 2 is 1.74 bits per heavy atom. The summed E-state index contributed by atoms with van der Waals surface area (Å²) in [7, 11) is -4.21. The van der Waals surface area contributed by atoms with E-state index >= 15 is 0 Å². The van der Waals surface area contributed by atoms with E-state index in [0.717, 1.165) is 12.8 Å². The van der Waals surface area contributed by atoms with Gasteiger partial charge < -0.3 is 10.2 Å². The first-order valence-electron chi connectivity index (χ1n) is 10.9. The molecule has 2 aromatic carbocycles. The number of carbonyl (C=O) groups excluding carboxylic acids is 2. The Labute approximate surface area is 228 Å². The quantitative estimate of drug-likeness (QED) is 0.434. The van der Waals surface area contributed by atoms with Gasteiger partial charge >= 0.3 is 29.6 Å². The van der Waals surface area contributed by atoms with Crippen molar-refractivity contribution in [3.63, 3.8) is 0 Å². The fraction of sp³-hybridized carbons (Fsp3) is 0.417. The minimum atomic E-state index is -4.21. The van der Waals surface area contributed by atoms with Crippen LogP contribution in [0.5, 0.6) is 0 Å². The first kappa shape index (κ1) is 28.8. The molecular weight excluding hydrogens is 487 g/mol. The SMILES string of the molecule is CC(C)C(NC(=O)c1cccc(CS(=O)(=O)O)c1)C(=O)N1CCC(c2ccc(Cl)cc2)CC1.[NaH]. The fourth-order valence-electron chi connectivity index (χ4n) is 4.12. The second kappa shape index (κ2) is 12.5. The molecule has 1 fully saturated rings. The maximum atomic E-state index is 13.2. The zero-order chi connectivity index (χ0) is 24.2. The van der Waals surface area contributed by atoms with Crippen LogP contribution in [0, 0.1) is 5.92 Å². The number of benzene rings is 2. The second-order valence-electron chi connectivity index (χ2n) is 8.77. The number of halogens is 1. The molecule has 1 heterocycles. The zero-order valence-electron chi connectivity index (χ0n) is 18.7. The van der Waals surface area contributed by atoms with Gasteiger partial charge in [0.2, 0.25) is 5.91 Å². The van der Waals surface area contributed by atoms with Gasteiger partial charge in [0.1, 0.15) is 11.8 Å². The van der Waals surface area contributed by atoms with Gasteiger partial charge in [-0.3, -0.25) is 14.1 Å². The predicted octanol–water partition coefficient (Wildman–Crippen LogP) is 3.24. The molecule has 1 saturated heterocycles. The summed E-state index contributed by atoms with van der Waals surface area (Å²) in [6, 6.07) is 13.1. The molecule has 1 aliphatic heterocycles. The number of carbonyl (C=O) groups is 2. The van der Waals surface area contributed by atoms with E-state index in [1.807, 2.05) is 38.1 Å². The predicted molar refractivity (Wildman–Crippen MR) is 135 cm³/mol. The van der Waals surface area contributed by atoms with E-state index in [2.05, 4.69) is 5.32 Å². The molecule has 1 unspecified atom stereocenters. The van der Waals surface area contributed by atoms with E-state index in [1.165, 1.54) is 17.7 Å². The van der Waals surface area contributed by atoms with E-state index in [9.17, 15) is 18.0 Å². The molecule has 2 N–H and O–H groups in total. The first-order valence-corrected chi connectivity index (χ1v) is 12.9. The minimum absolute atomic E-state index is 0. The van der Waals surface area contributed by atoms with E-state index in [4.69, 9.17) is 16.2 Å². The molecule has 0 bridgehead atoms. The summed E-state index contributed by atoms with van der Waals surface area (Å²) in [6.07, 6.45) is 1.67. The summed E-state index contributed by atoms with van der Waals surface area (Å²) < 4.78 is 31.3. The second-order valence-corrected chi connectivity index (χ2v) is 10.7. The van der Waals surface area contributed by atoms with E-state index in [1.54, 1.807) is 17.0 Å². The Morgan fingerprint density at radius 3 is 2.29 bits per heavy atom. The number of piperidine rings is 1. The molecule has 1 atom stereocenters. The summed E-state index contributed by atoms with van der Waals surface area (Å²) in [5.41, 5.74) is 1.74. The van der Waals surface area contributed by atoms with Gasteiger partial charge in [-0.1, -0.05) is 49.7 Å². The first-order chi connectivity index (χ1) is 15.5. The molecule has 0 radical (unpaired) electrons. The Balaban J connectivity index is 0.00000408. The number of hydrogen-bond acceptors (Lipinski definition) is 4. The van der Waals surface area contributed by atoms with Gasteiger partial charge in [-0.25, -0.2) is 0 Å². The van der Waals surface area contributed by atoms with Crippen molar-refractivity contribution in [3.8, 4) is 0 Å². The van der Waals surface area contributed by atoms with Gasteiger partial charge in [0.25, 0.3) is 16.0 Å². The molecule has 7 nitrogen and oxygen atoms in total. The summed E-state index contributed by atoms with van der Waals surface area (Å²) in [4.78, 5) is 27.9. The van der Waals surface area contributed by atoms with Gasteiger partial charge in [-0.05, 0) is 60.1 Å². The van der Waals surface area contributed by atoms with E-state index in [0.29, 0.717) is 29.6 Å². The van der Waals surface area contributed by atoms with Crippen LogP contribution in [0.25, 0.3) is 0 Å². The number of rotatable bonds is 7. The molecule has 1 aliphatic rings. The molecule has 0 aliphatic carbocycles. The molecule has 0 spiro atoms. The van der Waals surface area contributed by atoms with Gasteiger partial charge in [-0.15, -0.1) is 0 Å².